The molecule has 2 rings (SSSR count). The molecule has 0 aliphatic heterocycles. The number of rotatable bonds is 2. The van der Waals surface area contributed by atoms with E-state index < -0.39 is 0 Å². The molecule has 5 nitrogen and oxygen atoms in total. The van der Waals surface area contributed by atoms with Gasteiger partial charge >= 0.3 is 0 Å². The lowest BCUT2D eigenvalue weighted by Crippen LogP contribution is -2.13. The van der Waals surface area contributed by atoms with E-state index in [0.717, 1.165) is 0 Å². The van der Waals surface area contributed by atoms with Gasteiger partial charge in [-0.15, -0.1) is 0 Å². The number of aromatic amines is 1. The number of nitrogens with two attached hydrogens (primary N) is 1. The van der Waals surface area contributed by atoms with E-state index in [1.54, 1.807) is 25.2 Å². The monoisotopic (exact) mass is 282 g/mol. The van der Waals surface area contributed by atoms with Gasteiger partial charge in [0.1, 0.15) is 5.82 Å². The van der Waals surface area contributed by atoms with Crippen molar-refractivity contribution >= 4 is 39.4 Å². The van der Waals surface area contributed by atoms with Crippen LogP contribution in [0.3, 0.4) is 0 Å². The van der Waals surface area contributed by atoms with Crippen LogP contribution in [0.4, 0.5) is 0 Å². The zero-order chi connectivity index (χ0) is 13.1. The molecule has 0 saturated heterocycles. The van der Waals surface area contributed by atoms with Gasteiger partial charge in [-0.3, -0.25) is 9.79 Å². The van der Waals surface area contributed by atoms with Gasteiger partial charge in [-0.1, -0.05) is 23.4 Å². The molecule has 1 aromatic carbocycles. The molecule has 1 heterocycles. The third-order valence-electron chi connectivity index (χ3n) is 2.29. The van der Waals surface area contributed by atoms with Crippen LogP contribution in [0.2, 0.25) is 5.02 Å². The summed E-state index contributed by atoms with van der Waals surface area (Å²) >= 11 is 7.19. The van der Waals surface area contributed by atoms with Crippen molar-refractivity contribution in [3.63, 3.8) is 0 Å². The molecular weight excluding hydrogens is 272 g/mol. The van der Waals surface area contributed by atoms with Crippen molar-refractivity contribution in [2.45, 2.75) is 5.75 Å². The molecule has 0 aliphatic carbocycles. The second-order valence-corrected chi connectivity index (χ2v) is 4.96. The van der Waals surface area contributed by atoms with Gasteiger partial charge in [0.15, 0.2) is 5.17 Å². The standard InChI is InChI=1S/C11H11ClN4OS/c1-14-11(13)18-5-9-15-8-4-6(12)2-3-7(8)10(17)16-9/h2-4H,5H2,1H3,(H2,13,14)(H,15,16,17). The highest BCUT2D eigenvalue weighted by Crippen LogP contribution is 2.16. The fourth-order valence-electron chi connectivity index (χ4n) is 1.44. The van der Waals surface area contributed by atoms with Crippen LogP contribution in [-0.4, -0.2) is 22.2 Å². The lowest BCUT2D eigenvalue weighted by molar-refractivity contribution is 1.04. The maximum atomic E-state index is 11.8. The number of hydrogen-bond donors (Lipinski definition) is 2. The molecule has 0 atom stereocenters. The van der Waals surface area contributed by atoms with Gasteiger partial charge in [0.2, 0.25) is 0 Å². The summed E-state index contributed by atoms with van der Waals surface area (Å²) in [6.07, 6.45) is 0. The van der Waals surface area contributed by atoms with E-state index in [0.29, 0.717) is 32.7 Å². The Morgan fingerprint density at radius 1 is 1.61 bits per heavy atom. The van der Waals surface area contributed by atoms with Gasteiger partial charge < -0.3 is 10.7 Å². The number of hydrogen-bond acceptors (Lipinski definition) is 4. The summed E-state index contributed by atoms with van der Waals surface area (Å²) in [5, 5.41) is 1.52. The van der Waals surface area contributed by atoms with E-state index in [1.807, 2.05) is 0 Å². The van der Waals surface area contributed by atoms with Crippen molar-refractivity contribution in [3.05, 3.63) is 39.4 Å². The van der Waals surface area contributed by atoms with Crippen LogP contribution in [0.25, 0.3) is 10.9 Å². The predicted molar refractivity (Wildman–Crippen MR) is 76.2 cm³/mol. The van der Waals surface area contributed by atoms with Gasteiger partial charge in [-0.25, -0.2) is 4.98 Å². The zero-order valence-electron chi connectivity index (χ0n) is 9.61. The molecular formula is C11H11ClN4OS. The molecule has 0 bridgehead atoms. The number of thioether (sulfide) groups is 1. The number of benzene rings is 1. The Bertz CT molecular complexity index is 668. The summed E-state index contributed by atoms with van der Waals surface area (Å²) in [6.45, 7) is 0. The van der Waals surface area contributed by atoms with Gasteiger partial charge in [-0.2, -0.15) is 0 Å². The molecule has 0 aliphatic rings. The van der Waals surface area contributed by atoms with E-state index in [1.165, 1.54) is 11.8 Å². The lowest BCUT2D eigenvalue weighted by atomic mass is 10.2. The van der Waals surface area contributed by atoms with E-state index in [-0.39, 0.29) is 5.56 Å². The molecule has 0 fully saturated rings. The van der Waals surface area contributed by atoms with Crippen LogP contribution in [0.5, 0.6) is 0 Å². The van der Waals surface area contributed by atoms with E-state index in [4.69, 9.17) is 17.3 Å². The molecule has 0 amide bonds. The summed E-state index contributed by atoms with van der Waals surface area (Å²) in [7, 11) is 1.61. The second-order valence-electron chi connectivity index (χ2n) is 3.52. The van der Waals surface area contributed by atoms with Gasteiger partial charge in [0.05, 0.1) is 16.7 Å². The van der Waals surface area contributed by atoms with Crippen molar-refractivity contribution in [2.24, 2.45) is 10.7 Å². The highest BCUT2D eigenvalue weighted by molar-refractivity contribution is 8.13. The van der Waals surface area contributed by atoms with Crippen molar-refractivity contribution in [1.82, 2.24) is 9.97 Å². The first-order chi connectivity index (χ1) is 8.60. The Balaban J connectivity index is 2.39. The molecule has 0 saturated carbocycles. The van der Waals surface area contributed by atoms with Crippen molar-refractivity contribution in [3.8, 4) is 0 Å². The number of aliphatic imine (C=N–C) groups is 1. The normalized spacial score (nSPS) is 12.0. The van der Waals surface area contributed by atoms with Crippen LogP contribution in [0.1, 0.15) is 5.82 Å². The van der Waals surface area contributed by atoms with Gasteiger partial charge in [-0.05, 0) is 18.2 Å². The fraction of sp³-hybridized carbons (Fsp3) is 0.182. The smallest absolute Gasteiger partial charge is 0.258 e. The highest BCUT2D eigenvalue weighted by Gasteiger charge is 2.05. The van der Waals surface area contributed by atoms with Crippen LogP contribution in [0, 0.1) is 0 Å². The van der Waals surface area contributed by atoms with E-state index in [2.05, 4.69) is 15.0 Å². The highest BCUT2D eigenvalue weighted by atomic mass is 35.5. The molecule has 1 aromatic heterocycles. The van der Waals surface area contributed by atoms with E-state index in [9.17, 15) is 4.79 Å². The van der Waals surface area contributed by atoms with Crippen LogP contribution < -0.4 is 11.3 Å². The summed E-state index contributed by atoms with van der Waals surface area (Å²) < 4.78 is 0. The fourth-order valence-corrected chi connectivity index (χ4v) is 2.15. The Kier molecular flexibility index (Phi) is 3.88. The molecule has 0 spiro atoms. The average Bonchev–Trinajstić information content (AvgIpc) is 2.35. The topological polar surface area (TPSA) is 84.1 Å². The van der Waals surface area contributed by atoms with Gasteiger partial charge in [0, 0.05) is 12.1 Å². The Morgan fingerprint density at radius 2 is 2.39 bits per heavy atom. The van der Waals surface area contributed by atoms with Crippen molar-refractivity contribution in [1.29, 1.82) is 0 Å². The number of amidine groups is 1. The summed E-state index contributed by atoms with van der Waals surface area (Å²) in [5.74, 6) is 1.01. The largest absolute Gasteiger partial charge is 0.379 e. The number of nitrogens with zero attached hydrogens (tertiary/aromatic N) is 2. The summed E-state index contributed by atoms with van der Waals surface area (Å²) in [4.78, 5) is 22.7. The molecule has 0 unspecified atom stereocenters. The second kappa shape index (κ2) is 5.41. The van der Waals surface area contributed by atoms with E-state index >= 15 is 0 Å². The molecule has 18 heavy (non-hydrogen) atoms. The first-order valence-corrected chi connectivity index (χ1v) is 6.50. The Hall–Kier alpha value is -1.53. The molecule has 94 valence electrons. The maximum Gasteiger partial charge on any atom is 0.258 e. The number of H-pyrrole nitrogens is 1. The summed E-state index contributed by atoms with van der Waals surface area (Å²) in [5.41, 5.74) is 5.96. The number of nitrogens with one attached hydrogen (secondary N) is 1. The zero-order valence-corrected chi connectivity index (χ0v) is 11.2. The van der Waals surface area contributed by atoms with Crippen molar-refractivity contribution in [2.75, 3.05) is 7.05 Å². The predicted octanol–water partition coefficient (Wildman–Crippen LogP) is 1.75. The summed E-state index contributed by atoms with van der Waals surface area (Å²) in [6, 6.07) is 4.98. The first-order valence-electron chi connectivity index (χ1n) is 5.13. The quantitative estimate of drug-likeness (QED) is 0.649. The van der Waals surface area contributed by atoms with Crippen molar-refractivity contribution < 1.29 is 0 Å². The first kappa shape index (κ1) is 12.9. The Labute approximate surface area is 112 Å². The molecule has 0 radical (unpaired) electrons. The van der Waals surface area contributed by atoms with Gasteiger partial charge in [0.25, 0.3) is 5.56 Å². The number of halogens is 1. The Morgan fingerprint density at radius 3 is 3.11 bits per heavy atom. The third kappa shape index (κ3) is 2.83. The lowest BCUT2D eigenvalue weighted by Gasteiger charge is -2.03. The number of fused-ring (bicyclic) bond motifs is 1. The van der Waals surface area contributed by atoms with Crippen LogP contribution in [-0.2, 0) is 5.75 Å². The molecule has 2 aromatic rings. The minimum atomic E-state index is -0.181. The third-order valence-corrected chi connectivity index (χ3v) is 3.43. The minimum absolute atomic E-state index is 0.181. The minimum Gasteiger partial charge on any atom is -0.379 e. The maximum absolute atomic E-state index is 11.8. The van der Waals surface area contributed by atoms with Crippen LogP contribution >= 0.6 is 23.4 Å². The molecule has 3 N–H and O–H groups in total. The number of aromatic nitrogens is 2. The van der Waals surface area contributed by atoms with Crippen LogP contribution in [0.15, 0.2) is 28.0 Å². The molecule has 7 heteroatoms. The SMILES string of the molecule is CN=C(N)SCc1nc2cc(Cl)ccc2c(=O)[nH]1. The average molecular weight is 283 g/mol.